The molecule has 0 amide bonds. The van der Waals surface area contributed by atoms with E-state index in [0.29, 0.717) is 5.82 Å². The van der Waals surface area contributed by atoms with Crippen molar-refractivity contribution in [3.05, 3.63) is 36.4 Å². The zero-order valence-corrected chi connectivity index (χ0v) is 8.33. The maximum atomic E-state index is 8.60. The van der Waals surface area contributed by atoms with Crippen LogP contribution in [-0.4, -0.2) is 19.6 Å². The summed E-state index contributed by atoms with van der Waals surface area (Å²) in [5.74, 6) is 0.528. The molecule has 0 radical (unpaired) electrons. The Bertz CT molecular complexity index is 707. The molecule has 0 fully saturated rings. The lowest BCUT2D eigenvalue weighted by molar-refractivity contribution is 0.892. The van der Waals surface area contributed by atoms with E-state index in [1.54, 1.807) is 10.8 Å². The number of nitriles is 1. The summed E-state index contributed by atoms with van der Waals surface area (Å²) in [5.41, 5.74) is 1.63. The summed E-state index contributed by atoms with van der Waals surface area (Å²) in [7, 11) is 0. The molecule has 5 nitrogen and oxygen atoms in total. The summed E-state index contributed by atoms with van der Waals surface area (Å²) in [6, 6.07) is 9.77. The smallest absolute Gasteiger partial charge is 0.166 e. The largest absolute Gasteiger partial charge is 0.236 e. The molecule has 0 saturated carbocycles. The van der Waals surface area contributed by atoms with Crippen LogP contribution < -0.4 is 0 Å². The number of benzene rings is 1. The minimum Gasteiger partial charge on any atom is -0.236 e. The Kier molecular flexibility index (Phi) is 1.80. The lowest BCUT2D eigenvalue weighted by atomic mass is 10.2. The second kappa shape index (κ2) is 3.28. The van der Waals surface area contributed by atoms with E-state index in [-0.39, 0.29) is 6.42 Å². The Morgan fingerprint density at radius 3 is 3.06 bits per heavy atom. The summed E-state index contributed by atoms with van der Waals surface area (Å²) in [4.78, 5) is 8.58. The Morgan fingerprint density at radius 1 is 1.31 bits per heavy atom. The molecule has 3 aromatic rings. The fourth-order valence-electron chi connectivity index (χ4n) is 1.67. The fourth-order valence-corrected chi connectivity index (χ4v) is 1.67. The standard InChI is InChI=1S/C11H7N5/c12-6-5-10-14-11-8-3-1-2-4-9(8)13-7-16(11)15-10/h1-4,7H,5H2. The monoisotopic (exact) mass is 209 g/mol. The number of hydrogen-bond acceptors (Lipinski definition) is 4. The Morgan fingerprint density at radius 2 is 2.19 bits per heavy atom. The molecule has 5 heteroatoms. The number of para-hydroxylation sites is 1. The van der Waals surface area contributed by atoms with Crippen molar-refractivity contribution >= 4 is 16.6 Å². The van der Waals surface area contributed by atoms with Crippen LogP contribution in [0.3, 0.4) is 0 Å². The predicted molar refractivity (Wildman–Crippen MR) is 57.6 cm³/mol. The molecule has 0 aliphatic heterocycles. The molecular weight excluding hydrogens is 202 g/mol. The molecule has 3 rings (SSSR count). The quantitative estimate of drug-likeness (QED) is 0.606. The summed E-state index contributed by atoms with van der Waals surface area (Å²) < 4.78 is 1.61. The summed E-state index contributed by atoms with van der Waals surface area (Å²) in [6.07, 6.45) is 1.83. The molecule has 0 saturated heterocycles. The van der Waals surface area contributed by atoms with Crippen LogP contribution >= 0.6 is 0 Å². The molecule has 76 valence electrons. The molecule has 0 aliphatic rings. The lowest BCUT2D eigenvalue weighted by Crippen LogP contribution is -1.91. The maximum absolute atomic E-state index is 8.60. The van der Waals surface area contributed by atoms with Crippen LogP contribution in [0.15, 0.2) is 30.6 Å². The van der Waals surface area contributed by atoms with Crippen LogP contribution in [0.25, 0.3) is 16.6 Å². The normalized spacial score (nSPS) is 10.7. The van der Waals surface area contributed by atoms with E-state index >= 15 is 0 Å². The van der Waals surface area contributed by atoms with Gasteiger partial charge < -0.3 is 0 Å². The first-order valence-electron chi connectivity index (χ1n) is 4.84. The van der Waals surface area contributed by atoms with Gasteiger partial charge in [0.15, 0.2) is 11.5 Å². The van der Waals surface area contributed by atoms with Gasteiger partial charge in [-0.1, -0.05) is 12.1 Å². The van der Waals surface area contributed by atoms with E-state index in [1.807, 2.05) is 30.3 Å². The minimum absolute atomic E-state index is 0.218. The van der Waals surface area contributed by atoms with Gasteiger partial charge in [-0.2, -0.15) is 5.26 Å². The Labute approximate surface area is 91.0 Å². The summed E-state index contributed by atoms with van der Waals surface area (Å²) in [5, 5.41) is 13.7. The van der Waals surface area contributed by atoms with Gasteiger partial charge in [-0.15, -0.1) is 5.10 Å². The first-order valence-corrected chi connectivity index (χ1v) is 4.84. The number of rotatable bonds is 1. The molecule has 0 spiro atoms. The van der Waals surface area contributed by atoms with E-state index in [4.69, 9.17) is 5.26 Å². The van der Waals surface area contributed by atoms with Crippen molar-refractivity contribution in [2.45, 2.75) is 6.42 Å². The SMILES string of the molecule is N#CCc1nc2c3ccccc3ncn2n1. The fraction of sp³-hybridized carbons (Fsp3) is 0.0909. The number of aromatic nitrogens is 4. The van der Waals surface area contributed by atoms with Gasteiger partial charge >= 0.3 is 0 Å². The van der Waals surface area contributed by atoms with Gasteiger partial charge in [0.05, 0.1) is 18.0 Å². The first-order chi connectivity index (χ1) is 7.88. The highest BCUT2D eigenvalue weighted by Crippen LogP contribution is 2.15. The average Bonchev–Trinajstić information content (AvgIpc) is 2.72. The molecule has 0 N–H and O–H groups in total. The Balaban J connectivity index is 2.38. The molecule has 16 heavy (non-hydrogen) atoms. The van der Waals surface area contributed by atoms with Gasteiger partial charge in [0.1, 0.15) is 6.33 Å². The van der Waals surface area contributed by atoms with E-state index in [0.717, 1.165) is 16.6 Å². The number of hydrogen-bond donors (Lipinski definition) is 0. The van der Waals surface area contributed by atoms with Crippen molar-refractivity contribution in [1.29, 1.82) is 5.26 Å². The third kappa shape index (κ3) is 1.21. The second-order valence-electron chi connectivity index (χ2n) is 3.39. The van der Waals surface area contributed by atoms with Gasteiger partial charge in [-0.25, -0.2) is 14.5 Å². The summed E-state index contributed by atoms with van der Waals surface area (Å²) >= 11 is 0. The number of fused-ring (bicyclic) bond motifs is 3. The molecule has 0 aliphatic carbocycles. The Hall–Kier alpha value is -2.48. The first kappa shape index (κ1) is 8.80. The van der Waals surface area contributed by atoms with Crippen LogP contribution in [0.1, 0.15) is 5.82 Å². The van der Waals surface area contributed by atoms with Gasteiger partial charge in [-0.05, 0) is 12.1 Å². The van der Waals surface area contributed by atoms with E-state index in [2.05, 4.69) is 15.1 Å². The zero-order valence-electron chi connectivity index (χ0n) is 8.33. The maximum Gasteiger partial charge on any atom is 0.166 e. The molecule has 2 heterocycles. The van der Waals surface area contributed by atoms with Crippen LogP contribution in [-0.2, 0) is 6.42 Å². The second-order valence-corrected chi connectivity index (χ2v) is 3.39. The van der Waals surface area contributed by atoms with Crippen LogP contribution in [0.2, 0.25) is 0 Å². The zero-order chi connectivity index (χ0) is 11.0. The molecule has 0 bridgehead atoms. The highest BCUT2D eigenvalue weighted by molar-refractivity contribution is 5.90. The van der Waals surface area contributed by atoms with Crippen LogP contribution in [0, 0.1) is 11.3 Å². The lowest BCUT2D eigenvalue weighted by Gasteiger charge is -1.96. The van der Waals surface area contributed by atoms with Crippen molar-refractivity contribution < 1.29 is 0 Å². The van der Waals surface area contributed by atoms with Crippen molar-refractivity contribution in [2.24, 2.45) is 0 Å². The van der Waals surface area contributed by atoms with E-state index in [1.165, 1.54) is 0 Å². The number of nitrogens with zero attached hydrogens (tertiary/aromatic N) is 5. The van der Waals surface area contributed by atoms with Crippen molar-refractivity contribution in [1.82, 2.24) is 19.6 Å². The molecule has 2 aromatic heterocycles. The molecular formula is C11H7N5. The predicted octanol–water partition coefficient (Wildman–Crippen LogP) is 1.34. The van der Waals surface area contributed by atoms with E-state index in [9.17, 15) is 0 Å². The minimum atomic E-state index is 0.218. The van der Waals surface area contributed by atoms with Crippen LogP contribution in [0.5, 0.6) is 0 Å². The molecule has 0 atom stereocenters. The van der Waals surface area contributed by atoms with Gasteiger partial charge in [0.25, 0.3) is 0 Å². The van der Waals surface area contributed by atoms with Gasteiger partial charge in [0, 0.05) is 5.39 Å². The van der Waals surface area contributed by atoms with Crippen molar-refractivity contribution in [3.63, 3.8) is 0 Å². The molecule has 1 aromatic carbocycles. The van der Waals surface area contributed by atoms with Crippen LogP contribution in [0.4, 0.5) is 0 Å². The summed E-state index contributed by atoms with van der Waals surface area (Å²) in [6.45, 7) is 0. The topological polar surface area (TPSA) is 66.9 Å². The average molecular weight is 209 g/mol. The third-order valence-electron chi connectivity index (χ3n) is 2.36. The van der Waals surface area contributed by atoms with Gasteiger partial charge in [-0.3, -0.25) is 0 Å². The van der Waals surface area contributed by atoms with Gasteiger partial charge in [0.2, 0.25) is 0 Å². The van der Waals surface area contributed by atoms with Crippen molar-refractivity contribution in [3.8, 4) is 6.07 Å². The van der Waals surface area contributed by atoms with E-state index < -0.39 is 0 Å². The van der Waals surface area contributed by atoms with Crippen molar-refractivity contribution in [2.75, 3.05) is 0 Å². The highest BCUT2D eigenvalue weighted by Gasteiger charge is 2.06. The molecule has 0 unspecified atom stereocenters. The highest BCUT2D eigenvalue weighted by atomic mass is 15.3. The third-order valence-corrected chi connectivity index (χ3v) is 2.36.